The van der Waals surface area contributed by atoms with E-state index in [1.807, 2.05) is 19.0 Å². The number of rotatable bonds is 4. The molecule has 68 valence electrons. The summed E-state index contributed by atoms with van der Waals surface area (Å²) in [5, 5.41) is 11.1. The van der Waals surface area contributed by atoms with E-state index in [9.17, 15) is 0 Å². The molecule has 0 radical (unpaired) electrons. The largest absolute Gasteiger partial charge is 0.343 e. The molecule has 1 heterocycles. The van der Waals surface area contributed by atoms with E-state index >= 15 is 0 Å². The van der Waals surface area contributed by atoms with Crippen LogP contribution in [0, 0.1) is 0 Å². The average Bonchev–Trinajstić information content (AvgIpc) is 2.47. The van der Waals surface area contributed by atoms with Crippen LogP contribution in [0.2, 0.25) is 0 Å². The first-order chi connectivity index (χ1) is 5.75. The van der Waals surface area contributed by atoms with Gasteiger partial charge in [-0.25, -0.2) is 4.68 Å². The van der Waals surface area contributed by atoms with E-state index in [4.69, 9.17) is 5.73 Å². The van der Waals surface area contributed by atoms with Crippen LogP contribution in [-0.4, -0.2) is 40.3 Å². The van der Waals surface area contributed by atoms with Crippen LogP contribution in [-0.2, 0) is 7.05 Å². The van der Waals surface area contributed by atoms with Crippen molar-refractivity contribution in [3.63, 3.8) is 0 Å². The summed E-state index contributed by atoms with van der Waals surface area (Å²) in [4.78, 5) is 1.98. The molecule has 1 rings (SSSR count). The van der Waals surface area contributed by atoms with Gasteiger partial charge in [-0.15, -0.1) is 0 Å². The number of anilines is 1. The van der Waals surface area contributed by atoms with Crippen LogP contribution in [0.4, 0.5) is 5.95 Å². The Morgan fingerprint density at radius 3 is 2.83 bits per heavy atom. The van der Waals surface area contributed by atoms with Crippen LogP contribution < -0.4 is 10.6 Å². The predicted octanol–water partition coefficient (Wildman–Crippen LogP) is -1.00. The van der Waals surface area contributed by atoms with E-state index in [-0.39, 0.29) is 0 Å². The molecule has 1 aromatic heterocycles. The highest BCUT2D eigenvalue weighted by atomic mass is 15.6. The van der Waals surface area contributed by atoms with Gasteiger partial charge in [-0.1, -0.05) is 5.10 Å². The minimum Gasteiger partial charge on any atom is -0.343 e. The first-order valence-corrected chi connectivity index (χ1v) is 3.89. The van der Waals surface area contributed by atoms with Crippen molar-refractivity contribution in [2.24, 2.45) is 12.8 Å². The van der Waals surface area contributed by atoms with Gasteiger partial charge in [-0.05, 0) is 23.4 Å². The van der Waals surface area contributed by atoms with Crippen molar-refractivity contribution in [3.8, 4) is 0 Å². The lowest BCUT2D eigenvalue weighted by Crippen LogP contribution is -2.24. The third kappa shape index (κ3) is 1.91. The fourth-order valence-corrected chi connectivity index (χ4v) is 0.977. The fraction of sp³-hybridized carbons (Fsp3) is 0.833. The van der Waals surface area contributed by atoms with Gasteiger partial charge in [0.1, 0.15) is 0 Å². The molecule has 0 aliphatic carbocycles. The first kappa shape index (κ1) is 8.92. The summed E-state index contributed by atoms with van der Waals surface area (Å²) in [5.41, 5.74) is 5.38. The minimum atomic E-state index is 0.690. The first-order valence-electron chi connectivity index (χ1n) is 3.89. The van der Waals surface area contributed by atoms with Crippen LogP contribution in [0.25, 0.3) is 0 Å². The molecule has 0 saturated heterocycles. The van der Waals surface area contributed by atoms with Crippen molar-refractivity contribution in [3.05, 3.63) is 0 Å². The smallest absolute Gasteiger partial charge is 0.244 e. The Morgan fingerprint density at radius 2 is 2.33 bits per heavy atom. The molecule has 0 aliphatic heterocycles. The standard InChI is InChI=1S/C6H14N6/c1-11(5-3-4-7)6-8-9-10-12(6)2/h3-5,7H2,1-2H3. The molecule has 1 aromatic rings. The Labute approximate surface area is 71.3 Å². The average molecular weight is 170 g/mol. The van der Waals surface area contributed by atoms with Crippen LogP contribution in [0.3, 0.4) is 0 Å². The summed E-state index contributed by atoms with van der Waals surface area (Å²) < 4.78 is 1.64. The molecule has 2 N–H and O–H groups in total. The summed E-state index contributed by atoms with van der Waals surface area (Å²) in [5.74, 6) is 0.767. The molecule has 6 nitrogen and oxygen atoms in total. The van der Waals surface area contributed by atoms with E-state index in [0.29, 0.717) is 6.54 Å². The summed E-state index contributed by atoms with van der Waals surface area (Å²) >= 11 is 0. The zero-order chi connectivity index (χ0) is 8.97. The third-order valence-electron chi connectivity index (χ3n) is 1.64. The fourth-order valence-electron chi connectivity index (χ4n) is 0.977. The molecule has 0 aliphatic rings. The van der Waals surface area contributed by atoms with E-state index in [1.165, 1.54) is 0 Å². The Bertz CT molecular complexity index is 232. The molecular formula is C6H14N6. The van der Waals surface area contributed by atoms with Gasteiger partial charge in [-0.2, -0.15) is 0 Å². The quantitative estimate of drug-likeness (QED) is 0.627. The molecule has 0 atom stereocenters. The van der Waals surface area contributed by atoms with Gasteiger partial charge in [0.15, 0.2) is 0 Å². The Morgan fingerprint density at radius 1 is 1.58 bits per heavy atom. The van der Waals surface area contributed by atoms with Crippen molar-refractivity contribution in [2.45, 2.75) is 6.42 Å². The molecule has 0 spiro atoms. The molecule has 0 fully saturated rings. The van der Waals surface area contributed by atoms with Crippen molar-refractivity contribution < 1.29 is 0 Å². The highest BCUT2D eigenvalue weighted by molar-refractivity contribution is 5.25. The lowest BCUT2D eigenvalue weighted by Gasteiger charge is -2.15. The van der Waals surface area contributed by atoms with Crippen molar-refractivity contribution in [2.75, 3.05) is 25.0 Å². The van der Waals surface area contributed by atoms with E-state index in [0.717, 1.165) is 18.9 Å². The Balaban J connectivity index is 2.52. The van der Waals surface area contributed by atoms with Crippen LogP contribution in [0.15, 0.2) is 0 Å². The molecule has 12 heavy (non-hydrogen) atoms. The lowest BCUT2D eigenvalue weighted by molar-refractivity contribution is 0.688. The summed E-state index contributed by atoms with van der Waals surface area (Å²) in [6.45, 7) is 1.57. The van der Waals surface area contributed by atoms with Gasteiger partial charge in [0.2, 0.25) is 5.95 Å². The van der Waals surface area contributed by atoms with Gasteiger partial charge in [-0.3, -0.25) is 0 Å². The molecule has 6 heteroatoms. The number of hydrogen-bond donors (Lipinski definition) is 1. The number of nitrogens with zero attached hydrogens (tertiary/aromatic N) is 5. The zero-order valence-electron chi connectivity index (χ0n) is 7.43. The number of nitrogens with two attached hydrogens (primary N) is 1. The SMILES string of the molecule is CN(CCCN)c1nnnn1C. The summed E-state index contributed by atoms with van der Waals surface area (Å²) in [7, 11) is 3.76. The van der Waals surface area contributed by atoms with Crippen molar-refractivity contribution in [1.29, 1.82) is 0 Å². The third-order valence-corrected chi connectivity index (χ3v) is 1.64. The van der Waals surface area contributed by atoms with Crippen molar-refractivity contribution in [1.82, 2.24) is 20.2 Å². The number of aromatic nitrogens is 4. The molecule has 0 unspecified atom stereocenters. The Hall–Kier alpha value is -1.17. The highest BCUT2D eigenvalue weighted by Gasteiger charge is 2.06. The second-order valence-electron chi connectivity index (χ2n) is 2.67. The maximum absolute atomic E-state index is 5.38. The number of hydrogen-bond acceptors (Lipinski definition) is 5. The van der Waals surface area contributed by atoms with Gasteiger partial charge in [0.05, 0.1) is 0 Å². The number of aryl methyl sites for hydroxylation is 1. The van der Waals surface area contributed by atoms with Gasteiger partial charge in [0, 0.05) is 20.6 Å². The Kier molecular flexibility index (Phi) is 2.98. The zero-order valence-corrected chi connectivity index (χ0v) is 7.43. The maximum Gasteiger partial charge on any atom is 0.244 e. The lowest BCUT2D eigenvalue weighted by atomic mass is 10.4. The second kappa shape index (κ2) is 4.01. The maximum atomic E-state index is 5.38. The minimum absolute atomic E-state index is 0.690. The molecule has 0 amide bonds. The van der Waals surface area contributed by atoms with Gasteiger partial charge in [0.25, 0.3) is 0 Å². The normalized spacial score (nSPS) is 10.2. The van der Waals surface area contributed by atoms with Crippen LogP contribution in [0.5, 0.6) is 0 Å². The molecule has 0 bridgehead atoms. The molecule has 0 aromatic carbocycles. The molecule has 0 saturated carbocycles. The number of tetrazole rings is 1. The second-order valence-corrected chi connectivity index (χ2v) is 2.67. The molecular weight excluding hydrogens is 156 g/mol. The summed E-state index contributed by atoms with van der Waals surface area (Å²) in [6, 6.07) is 0. The van der Waals surface area contributed by atoms with E-state index < -0.39 is 0 Å². The van der Waals surface area contributed by atoms with Crippen LogP contribution >= 0.6 is 0 Å². The summed E-state index contributed by atoms with van der Waals surface area (Å²) in [6.07, 6.45) is 0.948. The van der Waals surface area contributed by atoms with E-state index in [2.05, 4.69) is 15.5 Å². The topological polar surface area (TPSA) is 72.9 Å². The van der Waals surface area contributed by atoms with Gasteiger partial charge < -0.3 is 10.6 Å². The van der Waals surface area contributed by atoms with Crippen molar-refractivity contribution >= 4 is 5.95 Å². The van der Waals surface area contributed by atoms with E-state index in [1.54, 1.807) is 4.68 Å². The monoisotopic (exact) mass is 170 g/mol. The highest BCUT2D eigenvalue weighted by Crippen LogP contribution is 2.02. The van der Waals surface area contributed by atoms with Gasteiger partial charge >= 0.3 is 0 Å². The predicted molar refractivity (Wildman–Crippen MR) is 45.7 cm³/mol. The van der Waals surface area contributed by atoms with Crippen LogP contribution in [0.1, 0.15) is 6.42 Å².